The van der Waals surface area contributed by atoms with Crippen LogP contribution in [0.2, 0.25) is 0 Å². The molecule has 0 aromatic heterocycles. The van der Waals surface area contributed by atoms with E-state index in [4.69, 9.17) is 0 Å². The van der Waals surface area contributed by atoms with E-state index in [0.717, 1.165) is 0 Å². The van der Waals surface area contributed by atoms with Gasteiger partial charge in [-0.2, -0.15) is 0 Å². The van der Waals surface area contributed by atoms with Gasteiger partial charge in [-0.05, 0) is 13.0 Å². The molecule has 1 aromatic rings. The summed E-state index contributed by atoms with van der Waals surface area (Å²) in [5.74, 6) is -0.0723. The Morgan fingerprint density at radius 2 is 2.24 bits per heavy atom. The summed E-state index contributed by atoms with van der Waals surface area (Å²) in [6.45, 7) is 1.91. The van der Waals surface area contributed by atoms with Crippen molar-refractivity contribution in [3.05, 3.63) is 28.3 Å². The minimum absolute atomic E-state index is 0.0123. The van der Waals surface area contributed by atoms with Crippen molar-refractivity contribution in [1.29, 1.82) is 0 Å². The molecule has 0 saturated carbocycles. The van der Waals surface area contributed by atoms with E-state index in [-0.39, 0.29) is 17.6 Å². The number of fused-ring (bicyclic) bond motifs is 1. The van der Waals surface area contributed by atoms with Crippen LogP contribution in [0.4, 0.5) is 17.1 Å². The molecule has 0 spiro atoms. The molecule has 0 fully saturated rings. The summed E-state index contributed by atoms with van der Waals surface area (Å²) in [7, 11) is 1.83. The summed E-state index contributed by atoms with van der Waals surface area (Å²) in [6.07, 6.45) is 0.374. The van der Waals surface area contributed by atoms with Crippen LogP contribution in [0.15, 0.2) is 18.2 Å². The number of non-ortho nitro benzene ring substituents is 1. The largest absolute Gasteiger partial charge is 0.369 e. The molecule has 1 heterocycles. The lowest BCUT2D eigenvalue weighted by atomic mass is 10.2. The van der Waals surface area contributed by atoms with Crippen LogP contribution in [-0.2, 0) is 4.79 Å². The number of anilines is 2. The highest BCUT2D eigenvalue weighted by Gasteiger charge is 2.24. The second kappa shape index (κ2) is 4.04. The molecular weight excluding hydrogens is 222 g/mol. The molecule has 1 atom stereocenters. The first-order valence-corrected chi connectivity index (χ1v) is 5.30. The lowest BCUT2D eigenvalue weighted by Gasteiger charge is -2.24. The van der Waals surface area contributed by atoms with Gasteiger partial charge in [0.15, 0.2) is 0 Å². The fourth-order valence-electron chi connectivity index (χ4n) is 1.88. The number of benzene rings is 1. The predicted octanol–water partition coefficient (Wildman–Crippen LogP) is 1.76. The van der Waals surface area contributed by atoms with E-state index in [1.54, 1.807) is 6.07 Å². The zero-order chi connectivity index (χ0) is 12.6. The van der Waals surface area contributed by atoms with Crippen LogP contribution in [0.25, 0.3) is 0 Å². The Balaban J connectivity index is 2.51. The molecule has 0 aliphatic carbocycles. The normalized spacial score (nSPS) is 19.3. The monoisotopic (exact) mass is 235 g/mol. The van der Waals surface area contributed by atoms with Crippen molar-refractivity contribution >= 4 is 23.0 Å². The molecule has 2 rings (SSSR count). The van der Waals surface area contributed by atoms with E-state index in [0.29, 0.717) is 17.8 Å². The number of carbonyl (C=O) groups is 1. The van der Waals surface area contributed by atoms with E-state index < -0.39 is 4.92 Å². The maximum absolute atomic E-state index is 11.5. The van der Waals surface area contributed by atoms with Crippen LogP contribution >= 0.6 is 0 Å². The smallest absolute Gasteiger partial charge is 0.271 e. The third-order valence-corrected chi connectivity index (χ3v) is 2.99. The summed E-state index contributed by atoms with van der Waals surface area (Å²) in [6, 6.07) is 4.46. The fraction of sp³-hybridized carbons (Fsp3) is 0.364. The lowest BCUT2D eigenvalue weighted by Crippen LogP contribution is -2.29. The van der Waals surface area contributed by atoms with Crippen molar-refractivity contribution in [2.24, 2.45) is 0 Å². The zero-order valence-corrected chi connectivity index (χ0v) is 9.64. The van der Waals surface area contributed by atoms with Gasteiger partial charge in [0.2, 0.25) is 5.91 Å². The Bertz CT molecular complexity index is 487. The Labute approximate surface area is 98.4 Å². The summed E-state index contributed by atoms with van der Waals surface area (Å²) in [5.41, 5.74) is 1.32. The van der Waals surface area contributed by atoms with Crippen LogP contribution in [0.1, 0.15) is 13.3 Å². The number of nitro groups is 1. The van der Waals surface area contributed by atoms with Crippen molar-refractivity contribution < 1.29 is 9.72 Å². The molecule has 0 saturated heterocycles. The van der Waals surface area contributed by atoms with Gasteiger partial charge in [-0.3, -0.25) is 14.9 Å². The number of hydrogen-bond acceptors (Lipinski definition) is 4. The highest BCUT2D eigenvalue weighted by Crippen LogP contribution is 2.33. The molecule has 0 bridgehead atoms. The number of nitrogens with one attached hydrogen (secondary N) is 1. The Kier molecular flexibility index (Phi) is 2.71. The fourth-order valence-corrected chi connectivity index (χ4v) is 1.88. The van der Waals surface area contributed by atoms with Gasteiger partial charge >= 0.3 is 0 Å². The van der Waals surface area contributed by atoms with E-state index in [1.807, 2.05) is 18.9 Å². The summed E-state index contributed by atoms with van der Waals surface area (Å²) in [4.78, 5) is 23.7. The van der Waals surface area contributed by atoms with E-state index in [1.165, 1.54) is 12.1 Å². The first-order valence-electron chi connectivity index (χ1n) is 5.30. The van der Waals surface area contributed by atoms with Crippen LogP contribution < -0.4 is 10.2 Å². The number of nitro benzene ring substituents is 1. The summed E-state index contributed by atoms with van der Waals surface area (Å²) >= 11 is 0. The second-order valence-electron chi connectivity index (χ2n) is 4.17. The topological polar surface area (TPSA) is 75.5 Å². The molecule has 0 radical (unpaired) electrons. The van der Waals surface area contributed by atoms with Gasteiger partial charge < -0.3 is 10.2 Å². The highest BCUT2D eigenvalue weighted by atomic mass is 16.6. The highest BCUT2D eigenvalue weighted by molar-refractivity contribution is 5.97. The Hall–Kier alpha value is -2.11. The molecular formula is C11H13N3O3. The third kappa shape index (κ3) is 2.06. The zero-order valence-electron chi connectivity index (χ0n) is 9.64. The standard InChI is InChI=1S/C11H13N3O3/c1-7-5-11(15)12-9-4-3-8(14(16)17)6-10(9)13(7)2/h3-4,6-7H,5H2,1-2H3,(H,12,15)/t7-/m0/s1. The minimum atomic E-state index is -0.439. The van der Waals surface area contributed by atoms with Crippen molar-refractivity contribution in [2.45, 2.75) is 19.4 Å². The Morgan fingerprint density at radius 1 is 1.53 bits per heavy atom. The number of nitrogens with zero attached hydrogens (tertiary/aromatic N) is 2. The third-order valence-electron chi connectivity index (χ3n) is 2.99. The Morgan fingerprint density at radius 3 is 2.88 bits per heavy atom. The molecule has 6 heteroatoms. The maximum Gasteiger partial charge on any atom is 0.271 e. The van der Waals surface area contributed by atoms with E-state index in [2.05, 4.69) is 5.32 Å². The van der Waals surface area contributed by atoms with Crippen LogP contribution in [-0.4, -0.2) is 23.9 Å². The molecule has 1 aromatic carbocycles. The van der Waals surface area contributed by atoms with Crippen LogP contribution in [0, 0.1) is 10.1 Å². The van der Waals surface area contributed by atoms with Crippen molar-refractivity contribution in [3.63, 3.8) is 0 Å². The molecule has 1 amide bonds. The molecule has 1 N–H and O–H groups in total. The van der Waals surface area contributed by atoms with Crippen molar-refractivity contribution in [1.82, 2.24) is 0 Å². The molecule has 0 unspecified atom stereocenters. The molecule has 17 heavy (non-hydrogen) atoms. The van der Waals surface area contributed by atoms with Crippen LogP contribution in [0.3, 0.4) is 0 Å². The minimum Gasteiger partial charge on any atom is -0.369 e. The van der Waals surface area contributed by atoms with Gasteiger partial charge in [0.1, 0.15) is 0 Å². The summed E-state index contributed by atoms with van der Waals surface area (Å²) in [5, 5.41) is 13.5. The number of hydrogen-bond donors (Lipinski definition) is 1. The number of rotatable bonds is 1. The van der Waals surface area contributed by atoms with E-state index >= 15 is 0 Å². The molecule has 90 valence electrons. The summed E-state index contributed by atoms with van der Waals surface area (Å²) < 4.78 is 0. The van der Waals surface area contributed by atoms with Gasteiger partial charge in [0.25, 0.3) is 5.69 Å². The van der Waals surface area contributed by atoms with Gasteiger partial charge in [0.05, 0.1) is 16.3 Å². The van der Waals surface area contributed by atoms with Crippen molar-refractivity contribution in [2.75, 3.05) is 17.3 Å². The first kappa shape index (κ1) is 11.4. The second-order valence-corrected chi connectivity index (χ2v) is 4.17. The average Bonchev–Trinajstić information content (AvgIpc) is 2.37. The predicted molar refractivity (Wildman–Crippen MR) is 64.2 cm³/mol. The number of amides is 1. The van der Waals surface area contributed by atoms with Gasteiger partial charge in [0, 0.05) is 31.6 Å². The lowest BCUT2D eigenvalue weighted by molar-refractivity contribution is -0.384. The number of carbonyl (C=O) groups excluding carboxylic acids is 1. The van der Waals surface area contributed by atoms with Gasteiger partial charge in [-0.15, -0.1) is 0 Å². The van der Waals surface area contributed by atoms with E-state index in [9.17, 15) is 14.9 Å². The maximum atomic E-state index is 11.5. The van der Waals surface area contributed by atoms with Gasteiger partial charge in [-0.25, -0.2) is 0 Å². The average molecular weight is 235 g/mol. The van der Waals surface area contributed by atoms with Crippen LogP contribution in [0.5, 0.6) is 0 Å². The molecule has 6 nitrogen and oxygen atoms in total. The van der Waals surface area contributed by atoms with Crippen molar-refractivity contribution in [3.8, 4) is 0 Å². The SMILES string of the molecule is C[C@H]1CC(=O)Nc2ccc([N+](=O)[O-])cc2N1C. The molecule has 1 aliphatic rings. The first-order chi connectivity index (χ1) is 7.99. The molecule has 1 aliphatic heterocycles. The van der Waals surface area contributed by atoms with Gasteiger partial charge in [-0.1, -0.05) is 0 Å². The quantitative estimate of drug-likeness (QED) is 0.594.